The number of likely N-dealkylation sites (N-methyl/N-ethyl adjacent to an activating group) is 1. The van der Waals surface area contributed by atoms with Crippen LogP contribution in [0.3, 0.4) is 0 Å². The van der Waals surface area contributed by atoms with E-state index in [1.165, 1.54) is 0 Å². The molecule has 4 amide bonds. The van der Waals surface area contributed by atoms with Gasteiger partial charge in [0, 0.05) is 12.2 Å². The minimum Gasteiger partial charge on any atom is -0.338 e. The van der Waals surface area contributed by atoms with Crippen LogP contribution in [-0.2, 0) is 9.59 Å². The summed E-state index contributed by atoms with van der Waals surface area (Å²) in [5, 5.41) is 7.53. The number of rotatable bonds is 6. The zero-order valence-electron chi connectivity index (χ0n) is 14.1. The number of benzene rings is 1. The number of carbonyl (C=O) groups is 3. The first-order valence-electron chi connectivity index (χ1n) is 7.58. The van der Waals surface area contributed by atoms with Gasteiger partial charge < -0.3 is 15.5 Å². The van der Waals surface area contributed by atoms with E-state index in [1.54, 1.807) is 14.0 Å². The molecule has 126 valence electrons. The van der Waals surface area contributed by atoms with Crippen LogP contribution in [0.5, 0.6) is 0 Å². The lowest BCUT2D eigenvalue weighted by Crippen LogP contribution is -3.11. The minimum absolute atomic E-state index is 0.0390. The van der Waals surface area contributed by atoms with Crippen LogP contribution >= 0.6 is 0 Å². The summed E-state index contributed by atoms with van der Waals surface area (Å²) in [7, 11) is 1.72. The maximum atomic E-state index is 12.0. The first-order valence-corrected chi connectivity index (χ1v) is 7.58. The van der Waals surface area contributed by atoms with Gasteiger partial charge in [-0.15, -0.1) is 0 Å². The van der Waals surface area contributed by atoms with Crippen LogP contribution in [0.1, 0.15) is 18.1 Å². The predicted molar refractivity (Wildman–Crippen MR) is 88.4 cm³/mol. The third-order valence-electron chi connectivity index (χ3n) is 3.39. The van der Waals surface area contributed by atoms with Crippen LogP contribution in [0.15, 0.2) is 18.2 Å². The topological polar surface area (TPSA) is 91.7 Å². The Morgan fingerprint density at radius 2 is 1.74 bits per heavy atom. The molecule has 0 heterocycles. The van der Waals surface area contributed by atoms with E-state index >= 15 is 0 Å². The van der Waals surface area contributed by atoms with Crippen LogP contribution in [0.25, 0.3) is 0 Å². The molecular formula is C16H25N4O3+. The fourth-order valence-corrected chi connectivity index (χ4v) is 2.07. The SMILES string of the molecule is CCNC(=O)NC(=O)C[NH+](C)CC(=O)Nc1cccc(C)c1C. The van der Waals surface area contributed by atoms with Crippen molar-refractivity contribution in [2.75, 3.05) is 32.0 Å². The highest BCUT2D eigenvalue weighted by Crippen LogP contribution is 2.17. The molecule has 23 heavy (non-hydrogen) atoms. The van der Waals surface area contributed by atoms with Gasteiger partial charge in [0.15, 0.2) is 13.1 Å². The Morgan fingerprint density at radius 3 is 2.39 bits per heavy atom. The van der Waals surface area contributed by atoms with Gasteiger partial charge in [0.2, 0.25) is 0 Å². The van der Waals surface area contributed by atoms with E-state index in [9.17, 15) is 14.4 Å². The van der Waals surface area contributed by atoms with Crippen molar-refractivity contribution in [2.24, 2.45) is 0 Å². The van der Waals surface area contributed by atoms with Crippen LogP contribution < -0.4 is 20.9 Å². The number of nitrogens with one attached hydrogen (secondary N) is 4. The molecule has 0 aliphatic carbocycles. The molecule has 0 saturated heterocycles. The Hall–Kier alpha value is -2.41. The molecular weight excluding hydrogens is 296 g/mol. The van der Waals surface area contributed by atoms with Gasteiger partial charge in [-0.3, -0.25) is 14.9 Å². The Labute approximate surface area is 136 Å². The molecule has 0 bridgehead atoms. The number of quaternary nitrogens is 1. The van der Waals surface area contributed by atoms with Gasteiger partial charge in [-0.2, -0.15) is 0 Å². The van der Waals surface area contributed by atoms with Crippen molar-refractivity contribution < 1.29 is 19.3 Å². The second-order valence-corrected chi connectivity index (χ2v) is 5.51. The Bertz CT molecular complexity index is 587. The molecule has 4 N–H and O–H groups in total. The highest BCUT2D eigenvalue weighted by Gasteiger charge is 2.16. The number of anilines is 1. The average molecular weight is 321 g/mol. The van der Waals surface area contributed by atoms with Crippen molar-refractivity contribution in [3.8, 4) is 0 Å². The molecule has 0 aliphatic heterocycles. The van der Waals surface area contributed by atoms with Gasteiger partial charge in [0.25, 0.3) is 11.8 Å². The zero-order chi connectivity index (χ0) is 17.4. The third kappa shape index (κ3) is 6.48. The van der Waals surface area contributed by atoms with Crippen LogP contribution in [-0.4, -0.2) is 44.5 Å². The Kier molecular flexibility index (Phi) is 7.21. The molecule has 0 fully saturated rings. The highest BCUT2D eigenvalue weighted by atomic mass is 16.2. The van der Waals surface area contributed by atoms with Crippen molar-refractivity contribution in [1.82, 2.24) is 10.6 Å². The number of hydrogen-bond acceptors (Lipinski definition) is 3. The lowest BCUT2D eigenvalue weighted by atomic mass is 10.1. The third-order valence-corrected chi connectivity index (χ3v) is 3.39. The summed E-state index contributed by atoms with van der Waals surface area (Å²) in [5.41, 5.74) is 2.90. The standard InChI is InChI=1S/C16H24N4O3/c1-5-17-16(23)19-15(22)10-20(4)9-14(21)18-13-8-6-7-11(2)12(13)3/h6-8H,5,9-10H2,1-4H3,(H,18,21)(H2,17,19,22,23)/p+1. The molecule has 0 spiro atoms. The molecule has 1 unspecified atom stereocenters. The van der Waals surface area contributed by atoms with Gasteiger partial charge in [-0.05, 0) is 38.0 Å². The number of hydrogen-bond donors (Lipinski definition) is 4. The van der Waals surface area contributed by atoms with Gasteiger partial charge >= 0.3 is 6.03 Å². The molecule has 1 atom stereocenters. The molecule has 7 nitrogen and oxygen atoms in total. The lowest BCUT2D eigenvalue weighted by molar-refractivity contribution is -0.862. The summed E-state index contributed by atoms with van der Waals surface area (Å²) in [6, 6.07) is 5.19. The number of carbonyl (C=O) groups excluding carboxylic acids is 3. The van der Waals surface area contributed by atoms with E-state index in [1.807, 2.05) is 32.0 Å². The second-order valence-electron chi connectivity index (χ2n) is 5.51. The quantitative estimate of drug-likeness (QED) is 0.575. The molecule has 0 aliphatic rings. The van der Waals surface area contributed by atoms with E-state index in [0.717, 1.165) is 16.8 Å². The van der Waals surface area contributed by atoms with E-state index in [0.29, 0.717) is 11.4 Å². The number of amides is 4. The average Bonchev–Trinajstić information content (AvgIpc) is 2.43. The molecule has 1 rings (SSSR count). The summed E-state index contributed by atoms with van der Waals surface area (Å²) in [6.45, 7) is 6.31. The molecule has 1 aromatic carbocycles. The lowest BCUT2D eigenvalue weighted by Gasteiger charge is -2.14. The van der Waals surface area contributed by atoms with Crippen LogP contribution in [0, 0.1) is 13.8 Å². The number of urea groups is 1. The summed E-state index contributed by atoms with van der Waals surface area (Å²) in [4.78, 5) is 35.6. The molecule has 7 heteroatoms. The number of aryl methyl sites for hydroxylation is 1. The van der Waals surface area contributed by atoms with Gasteiger partial charge in [-0.1, -0.05) is 12.1 Å². The molecule has 0 aromatic heterocycles. The highest BCUT2D eigenvalue weighted by molar-refractivity contribution is 5.95. The Balaban J connectivity index is 2.46. The van der Waals surface area contributed by atoms with Crippen molar-refractivity contribution >= 4 is 23.5 Å². The van der Waals surface area contributed by atoms with Crippen molar-refractivity contribution in [1.29, 1.82) is 0 Å². The van der Waals surface area contributed by atoms with Crippen molar-refractivity contribution in [3.63, 3.8) is 0 Å². The number of imide groups is 1. The molecule has 1 aromatic rings. The Morgan fingerprint density at radius 1 is 1.09 bits per heavy atom. The first kappa shape index (κ1) is 18.6. The summed E-state index contributed by atoms with van der Waals surface area (Å²) < 4.78 is 0. The summed E-state index contributed by atoms with van der Waals surface area (Å²) in [6.07, 6.45) is 0. The maximum Gasteiger partial charge on any atom is 0.321 e. The van der Waals surface area contributed by atoms with Gasteiger partial charge in [-0.25, -0.2) is 4.79 Å². The monoisotopic (exact) mass is 321 g/mol. The summed E-state index contributed by atoms with van der Waals surface area (Å²) in [5.74, 6) is -0.602. The zero-order valence-corrected chi connectivity index (χ0v) is 14.1. The maximum absolute atomic E-state index is 12.0. The molecule has 0 radical (unpaired) electrons. The largest absolute Gasteiger partial charge is 0.338 e. The predicted octanol–water partition coefficient (Wildman–Crippen LogP) is -0.398. The van der Waals surface area contributed by atoms with E-state index < -0.39 is 11.9 Å². The minimum atomic E-state index is -0.523. The second kappa shape index (κ2) is 8.89. The van der Waals surface area contributed by atoms with Gasteiger partial charge in [0.1, 0.15) is 0 Å². The van der Waals surface area contributed by atoms with Crippen LogP contribution in [0.2, 0.25) is 0 Å². The smallest absolute Gasteiger partial charge is 0.321 e. The van der Waals surface area contributed by atoms with Crippen molar-refractivity contribution in [3.05, 3.63) is 29.3 Å². The normalized spacial score (nSPS) is 11.5. The van der Waals surface area contributed by atoms with E-state index in [-0.39, 0.29) is 19.0 Å². The van der Waals surface area contributed by atoms with Gasteiger partial charge in [0.05, 0.1) is 7.05 Å². The van der Waals surface area contributed by atoms with E-state index in [2.05, 4.69) is 16.0 Å². The fourth-order valence-electron chi connectivity index (χ4n) is 2.07. The first-order chi connectivity index (χ1) is 10.8. The summed E-state index contributed by atoms with van der Waals surface area (Å²) >= 11 is 0. The van der Waals surface area contributed by atoms with E-state index in [4.69, 9.17) is 0 Å². The molecule has 0 saturated carbocycles. The van der Waals surface area contributed by atoms with Crippen molar-refractivity contribution in [2.45, 2.75) is 20.8 Å². The fraction of sp³-hybridized carbons (Fsp3) is 0.438. The van der Waals surface area contributed by atoms with Crippen LogP contribution in [0.4, 0.5) is 10.5 Å².